The van der Waals surface area contributed by atoms with E-state index in [0.717, 1.165) is 78.6 Å². The lowest BCUT2D eigenvalue weighted by atomic mass is 9.92. The third-order valence-corrected chi connectivity index (χ3v) is 10.3. The number of hydrogen-bond acceptors (Lipinski definition) is 11. The van der Waals surface area contributed by atoms with Gasteiger partial charge in [-0.3, -0.25) is 19.5 Å². The molecule has 4 heterocycles. The van der Waals surface area contributed by atoms with Crippen LogP contribution in [0.25, 0.3) is 11.3 Å². The number of piperazine rings is 1. The van der Waals surface area contributed by atoms with Gasteiger partial charge in [0.25, 0.3) is 5.91 Å². The number of aliphatic imine (C=N–C) groups is 1. The second kappa shape index (κ2) is 18.2. The zero-order valence-electron chi connectivity index (χ0n) is 33.7. The molecule has 2 aliphatic heterocycles. The number of aryl methyl sites for hydroxylation is 1. The summed E-state index contributed by atoms with van der Waals surface area (Å²) in [5.74, 6) is 3.01. The van der Waals surface area contributed by atoms with Gasteiger partial charge in [0.05, 0.1) is 17.6 Å². The van der Waals surface area contributed by atoms with Crippen molar-refractivity contribution >= 4 is 46.5 Å². The van der Waals surface area contributed by atoms with Gasteiger partial charge in [-0.1, -0.05) is 51.1 Å². The van der Waals surface area contributed by atoms with Crippen LogP contribution >= 0.6 is 0 Å². The number of aromatic nitrogens is 3. The molecule has 13 heteroatoms. The van der Waals surface area contributed by atoms with E-state index in [1.54, 1.807) is 18.2 Å². The highest BCUT2D eigenvalue weighted by molar-refractivity contribution is 6.38. The van der Waals surface area contributed by atoms with E-state index in [2.05, 4.69) is 90.7 Å². The highest BCUT2D eigenvalue weighted by atomic mass is 16.2. The van der Waals surface area contributed by atoms with Crippen molar-refractivity contribution in [3.63, 3.8) is 0 Å². The molecule has 4 aromatic rings. The number of hydrogen-bond donors (Lipinski definition) is 3. The summed E-state index contributed by atoms with van der Waals surface area (Å²) >= 11 is 0. The maximum absolute atomic E-state index is 12.8. The summed E-state index contributed by atoms with van der Waals surface area (Å²) in [6.45, 7) is 17.5. The molecule has 296 valence electrons. The number of nitrogens with zero attached hydrogens (tertiary/aromatic N) is 7. The Hall–Kier alpha value is -6.17. The summed E-state index contributed by atoms with van der Waals surface area (Å²) in [5.41, 5.74) is 8.15. The summed E-state index contributed by atoms with van der Waals surface area (Å²) in [4.78, 5) is 60.6. The minimum Gasteiger partial charge on any atom is -0.368 e. The molecule has 2 fully saturated rings. The number of nitrogens with one attached hydrogen (secondary N) is 3. The molecule has 0 unspecified atom stereocenters. The van der Waals surface area contributed by atoms with Crippen LogP contribution in [-0.4, -0.2) is 82.6 Å². The molecule has 0 radical (unpaired) electrons. The monoisotopic (exact) mass is 768 g/mol. The normalized spacial score (nSPS) is 15.6. The number of amides is 2. The molecule has 6 rings (SSSR count). The van der Waals surface area contributed by atoms with E-state index >= 15 is 0 Å². The number of benzene rings is 2. The van der Waals surface area contributed by atoms with Crippen molar-refractivity contribution in [3.05, 3.63) is 107 Å². The molecule has 3 N–H and O–H groups in total. The molecule has 0 atom stereocenters. The molecule has 0 saturated carbocycles. The van der Waals surface area contributed by atoms with Crippen molar-refractivity contribution < 1.29 is 14.4 Å². The fourth-order valence-corrected chi connectivity index (χ4v) is 6.90. The number of carbonyl (C=O) groups excluding carboxylic acids is 3. The minimum atomic E-state index is -0.188. The van der Waals surface area contributed by atoms with Gasteiger partial charge in [0, 0.05) is 80.7 Å². The number of rotatable bonds is 12. The van der Waals surface area contributed by atoms with Gasteiger partial charge >= 0.3 is 0 Å². The molecule has 0 bridgehead atoms. The fraction of sp³-hybridized carbons (Fsp3) is 0.364. The third kappa shape index (κ3) is 10.6. The smallest absolute Gasteiger partial charge is 0.265 e. The van der Waals surface area contributed by atoms with Crippen LogP contribution in [0.15, 0.2) is 95.8 Å². The van der Waals surface area contributed by atoms with Crippen LogP contribution in [0.4, 0.5) is 23.0 Å². The van der Waals surface area contributed by atoms with E-state index in [9.17, 15) is 14.4 Å². The van der Waals surface area contributed by atoms with E-state index in [1.165, 1.54) is 5.56 Å². The van der Waals surface area contributed by atoms with Crippen LogP contribution in [0.2, 0.25) is 0 Å². The largest absolute Gasteiger partial charge is 0.368 e. The highest BCUT2D eigenvalue weighted by Crippen LogP contribution is 2.27. The molecule has 0 spiro atoms. The molecule has 2 aromatic heterocycles. The first-order valence-electron chi connectivity index (χ1n) is 19.4. The molecule has 2 aliphatic rings. The number of allylic oxidation sites excluding steroid dienone is 2. The Morgan fingerprint density at radius 2 is 1.70 bits per heavy atom. The highest BCUT2D eigenvalue weighted by Gasteiger charge is 2.23. The summed E-state index contributed by atoms with van der Waals surface area (Å²) in [6.07, 6.45) is 6.66. The summed E-state index contributed by atoms with van der Waals surface area (Å²) in [7, 11) is 0. The first-order chi connectivity index (χ1) is 27.4. The van der Waals surface area contributed by atoms with Gasteiger partial charge < -0.3 is 25.8 Å². The summed E-state index contributed by atoms with van der Waals surface area (Å²) < 4.78 is 0. The van der Waals surface area contributed by atoms with Crippen LogP contribution in [0.3, 0.4) is 0 Å². The second-order valence-electron chi connectivity index (χ2n) is 15.4. The van der Waals surface area contributed by atoms with Crippen LogP contribution in [0, 0.1) is 12.3 Å². The summed E-state index contributed by atoms with van der Waals surface area (Å²) in [6, 6.07) is 20.2. The maximum atomic E-state index is 12.8. The SMILES string of the molecule is C/C=C(\N=C(/C)C(=O)NCc1ccc(-c2cc(Nc3ccc(N4CCN(CCc5ccc(N6CCC(=O)NC6=C=O)cc5)CC4)cn3)ncn2)cc1C)C(C)(C)C. The Bertz CT molecular complexity index is 2180. The van der Waals surface area contributed by atoms with Crippen LogP contribution in [0.1, 0.15) is 57.7 Å². The minimum absolute atomic E-state index is 0.140. The molecular weight excluding hydrogens is 717 g/mol. The average molecular weight is 769 g/mol. The Morgan fingerprint density at radius 1 is 0.947 bits per heavy atom. The molecule has 57 heavy (non-hydrogen) atoms. The lowest BCUT2D eigenvalue weighted by molar-refractivity contribution is -0.120. The van der Waals surface area contributed by atoms with Crippen LogP contribution in [-0.2, 0) is 27.3 Å². The van der Waals surface area contributed by atoms with Crippen LogP contribution in [0.5, 0.6) is 0 Å². The second-order valence-corrected chi connectivity index (χ2v) is 15.4. The van der Waals surface area contributed by atoms with Crippen molar-refractivity contribution in [2.24, 2.45) is 10.4 Å². The maximum Gasteiger partial charge on any atom is 0.265 e. The molecule has 0 aliphatic carbocycles. The van der Waals surface area contributed by atoms with Crippen molar-refractivity contribution in [2.75, 3.05) is 54.4 Å². The standard InChI is InChI=1S/C44H52N10O3/c1-7-38(44(4,5)6)49-31(3)43(57)46-26-34-11-10-33(24-30(34)2)37-25-40(48-29-47-37)50-39-15-14-36(27-45-39)53-22-20-52(21-23-53)18-16-32-8-12-35(13-9-32)54-19-17-42(56)51-41(54)28-55/h7-15,24-25,27,29H,16-23,26H2,1-6H3,(H,46,57)(H,51,56)(H,45,47,48,50)/b38-7-,49-31+. The number of pyridine rings is 1. The Labute approximate surface area is 335 Å². The van der Waals surface area contributed by atoms with Gasteiger partial charge in [0.1, 0.15) is 23.7 Å². The molecule has 2 saturated heterocycles. The lowest BCUT2D eigenvalue weighted by Crippen LogP contribution is -2.47. The third-order valence-electron chi connectivity index (χ3n) is 10.3. The Balaban J connectivity index is 0.967. The van der Waals surface area contributed by atoms with E-state index in [-0.39, 0.29) is 23.1 Å². The van der Waals surface area contributed by atoms with Gasteiger partial charge in [0.2, 0.25) is 5.91 Å². The molecule has 2 amide bonds. The van der Waals surface area contributed by atoms with E-state index in [1.807, 2.05) is 68.5 Å². The van der Waals surface area contributed by atoms with Gasteiger partial charge in [-0.15, -0.1) is 0 Å². The topological polar surface area (TPSA) is 148 Å². The lowest BCUT2D eigenvalue weighted by Gasteiger charge is -2.36. The van der Waals surface area contributed by atoms with Gasteiger partial charge in [-0.2, -0.15) is 0 Å². The Morgan fingerprint density at radius 3 is 2.37 bits per heavy atom. The zero-order valence-corrected chi connectivity index (χ0v) is 33.7. The van der Waals surface area contributed by atoms with Crippen molar-refractivity contribution in [2.45, 2.75) is 60.9 Å². The van der Waals surface area contributed by atoms with Gasteiger partial charge in [0.15, 0.2) is 11.8 Å². The molecular formula is C44H52N10O3. The van der Waals surface area contributed by atoms with Gasteiger partial charge in [-0.05, 0) is 74.2 Å². The number of anilines is 4. The first kappa shape index (κ1) is 40.5. The predicted octanol–water partition coefficient (Wildman–Crippen LogP) is 5.98. The fourth-order valence-electron chi connectivity index (χ4n) is 6.90. The number of carbonyl (C=O) groups is 2. The predicted molar refractivity (Wildman–Crippen MR) is 226 cm³/mol. The van der Waals surface area contributed by atoms with Crippen molar-refractivity contribution in [1.29, 1.82) is 0 Å². The van der Waals surface area contributed by atoms with E-state index in [0.29, 0.717) is 36.9 Å². The van der Waals surface area contributed by atoms with Gasteiger partial charge in [-0.25, -0.2) is 19.7 Å². The Kier molecular flexibility index (Phi) is 12.9. The van der Waals surface area contributed by atoms with Crippen LogP contribution < -0.4 is 25.8 Å². The molecule has 2 aromatic carbocycles. The quantitative estimate of drug-likeness (QED) is 0.116. The summed E-state index contributed by atoms with van der Waals surface area (Å²) in [5, 5.41) is 8.92. The zero-order chi connectivity index (χ0) is 40.5. The average Bonchev–Trinajstić information content (AvgIpc) is 3.21. The van der Waals surface area contributed by atoms with E-state index in [4.69, 9.17) is 0 Å². The van der Waals surface area contributed by atoms with Crippen molar-refractivity contribution in [3.8, 4) is 11.3 Å². The van der Waals surface area contributed by atoms with E-state index < -0.39 is 0 Å². The van der Waals surface area contributed by atoms with Crippen molar-refractivity contribution in [1.82, 2.24) is 30.5 Å². The molecule has 13 nitrogen and oxygen atoms in total. The first-order valence-corrected chi connectivity index (χ1v) is 19.4.